The zero-order valence-electron chi connectivity index (χ0n) is 7.56. The number of ether oxygens (including phenoxy) is 1. The highest BCUT2D eigenvalue weighted by molar-refractivity contribution is 5.79. The summed E-state index contributed by atoms with van der Waals surface area (Å²) in [6, 6.07) is 5.52. The van der Waals surface area contributed by atoms with Crippen molar-refractivity contribution in [3.8, 4) is 11.9 Å². The van der Waals surface area contributed by atoms with Crippen molar-refractivity contribution < 1.29 is 4.74 Å². The highest BCUT2D eigenvalue weighted by Crippen LogP contribution is 2.20. The van der Waals surface area contributed by atoms with Crippen LogP contribution in [0, 0.1) is 11.3 Å². The SMILES string of the molecule is COc1nc2ccncc2cc1C#N. The zero-order chi connectivity index (χ0) is 9.97. The second kappa shape index (κ2) is 3.30. The van der Waals surface area contributed by atoms with Gasteiger partial charge in [0.25, 0.3) is 0 Å². The van der Waals surface area contributed by atoms with E-state index in [0.717, 1.165) is 10.9 Å². The van der Waals surface area contributed by atoms with Gasteiger partial charge in [-0.05, 0) is 12.1 Å². The third-order valence-corrected chi connectivity index (χ3v) is 1.89. The molecule has 0 aliphatic carbocycles. The van der Waals surface area contributed by atoms with Gasteiger partial charge in [0.05, 0.1) is 12.6 Å². The Morgan fingerprint density at radius 3 is 3.07 bits per heavy atom. The molecule has 4 heteroatoms. The van der Waals surface area contributed by atoms with Crippen molar-refractivity contribution in [2.45, 2.75) is 0 Å². The summed E-state index contributed by atoms with van der Waals surface area (Å²) in [6.45, 7) is 0. The molecule has 2 aromatic rings. The van der Waals surface area contributed by atoms with Gasteiger partial charge >= 0.3 is 0 Å². The summed E-state index contributed by atoms with van der Waals surface area (Å²) in [7, 11) is 1.50. The van der Waals surface area contributed by atoms with Crippen LogP contribution in [0.1, 0.15) is 5.56 Å². The zero-order valence-corrected chi connectivity index (χ0v) is 7.56. The molecule has 2 rings (SSSR count). The summed E-state index contributed by atoms with van der Waals surface area (Å²) in [4.78, 5) is 8.13. The van der Waals surface area contributed by atoms with E-state index in [9.17, 15) is 0 Å². The summed E-state index contributed by atoms with van der Waals surface area (Å²) in [5, 5.41) is 9.66. The van der Waals surface area contributed by atoms with Gasteiger partial charge in [-0.2, -0.15) is 5.26 Å². The lowest BCUT2D eigenvalue weighted by atomic mass is 10.2. The van der Waals surface area contributed by atoms with Crippen LogP contribution in [-0.4, -0.2) is 17.1 Å². The van der Waals surface area contributed by atoms with Crippen LogP contribution in [0.2, 0.25) is 0 Å². The number of aromatic nitrogens is 2. The molecule has 0 N–H and O–H groups in total. The molecule has 0 aliphatic rings. The van der Waals surface area contributed by atoms with Crippen LogP contribution in [0.4, 0.5) is 0 Å². The number of methoxy groups -OCH3 is 1. The van der Waals surface area contributed by atoms with Gasteiger partial charge in [-0.25, -0.2) is 4.98 Å². The first-order valence-corrected chi connectivity index (χ1v) is 4.04. The van der Waals surface area contributed by atoms with Gasteiger partial charge in [-0.15, -0.1) is 0 Å². The molecular formula is C10H7N3O. The van der Waals surface area contributed by atoms with Gasteiger partial charge in [0, 0.05) is 17.8 Å². The monoisotopic (exact) mass is 185 g/mol. The van der Waals surface area contributed by atoms with Crippen molar-refractivity contribution in [2.75, 3.05) is 7.11 Å². The second-order valence-electron chi connectivity index (χ2n) is 2.73. The van der Waals surface area contributed by atoms with Gasteiger partial charge in [0.1, 0.15) is 11.6 Å². The number of pyridine rings is 2. The maximum atomic E-state index is 8.82. The van der Waals surface area contributed by atoms with Crippen LogP contribution in [0.5, 0.6) is 5.88 Å². The van der Waals surface area contributed by atoms with Crippen molar-refractivity contribution >= 4 is 10.9 Å². The number of hydrogen-bond acceptors (Lipinski definition) is 4. The van der Waals surface area contributed by atoms with Crippen molar-refractivity contribution in [1.29, 1.82) is 5.26 Å². The fourth-order valence-electron chi connectivity index (χ4n) is 1.23. The molecule has 0 fully saturated rings. The lowest BCUT2D eigenvalue weighted by Crippen LogP contribution is -1.92. The maximum Gasteiger partial charge on any atom is 0.231 e. The molecule has 0 radical (unpaired) electrons. The Morgan fingerprint density at radius 1 is 1.50 bits per heavy atom. The van der Waals surface area contributed by atoms with Crippen molar-refractivity contribution in [2.24, 2.45) is 0 Å². The standard InChI is InChI=1S/C10H7N3O/c1-14-10-7(5-11)4-8-6-12-3-2-9(8)13-10/h2-4,6H,1H3. The number of nitriles is 1. The number of rotatable bonds is 1. The van der Waals surface area contributed by atoms with Gasteiger partial charge in [0.15, 0.2) is 0 Å². The van der Waals surface area contributed by atoms with E-state index in [2.05, 4.69) is 9.97 Å². The van der Waals surface area contributed by atoms with E-state index < -0.39 is 0 Å². The lowest BCUT2D eigenvalue weighted by Gasteiger charge is -2.02. The Bertz CT molecular complexity index is 516. The summed E-state index contributed by atoms with van der Waals surface area (Å²) in [5.74, 6) is 0.353. The Hall–Kier alpha value is -2.15. The Kier molecular flexibility index (Phi) is 1.99. The van der Waals surface area contributed by atoms with Crippen LogP contribution >= 0.6 is 0 Å². The predicted octanol–water partition coefficient (Wildman–Crippen LogP) is 1.51. The summed E-state index contributed by atoms with van der Waals surface area (Å²) >= 11 is 0. The normalized spacial score (nSPS) is 9.71. The molecule has 0 spiro atoms. The fraction of sp³-hybridized carbons (Fsp3) is 0.100. The summed E-state index contributed by atoms with van der Waals surface area (Å²) in [5.41, 5.74) is 1.20. The van der Waals surface area contributed by atoms with Crippen molar-refractivity contribution in [3.63, 3.8) is 0 Å². The van der Waals surface area contributed by atoms with E-state index >= 15 is 0 Å². The number of fused-ring (bicyclic) bond motifs is 1. The minimum atomic E-state index is 0.353. The first-order chi connectivity index (χ1) is 6.85. The third-order valence-electron chi connectivity index (χ3n) is 1.89. The predicted molar refractivity (Wildman–Crippen MR) is 50.8 cm³/mol. The molecule has 68 valence electrons. The molecule has 0 saturated heterocycles. The molecule has 14 heavy (non-hydrogen) atoms. The smallest absolute Gasteiger partial charge is 0.231 e. The first kappa shape index (κ1) is 8.45. The third kappa shape index (κ3) is 1.25. The molecule has 0 amide bonds. The van der Waals surface area contributed by atoms with Crippen LogP contribution in [0.25, 0.3) is 10.9 Å². The second-order valence-corrected chi connectivity index (χ2v) is 2.73. The molecule has 0 saturated carbocycles. The molecule has 0 unspecified atom stereocenters. The maximum absolute atomic E-state index is 8.82. The quantitative estimate of drug-likeness (QED) is 0.675. The molecular weight excluding hydrogens is 178 g/mol. The first-order valence-electron chi connectivity index (χ1n) is 4.04. The largest absolute Gasteiger partial charge is 0.480 e. The molecule has 0 bridgehead atoms. The average Bonchev–Trinajstić information content (AvgIpc) is 2.27. The fourth-order valence-corrected chi connectivity index (χ4v) is 1.23. The van der Waals surface area contributed by atoms with Crippen LogP contribution in [0.3, 0.4) is 0 Å². The van der Waals surface area contributed by atoms with E-state index in [1.54, 1.807) is 24.5 Å². The molecule has 0 aromatic carbocycles. The molecule has 2 heterocycles. The number of nitrogens with zero attached hydrogens (tertiary/aromatic N) is 3. The van der Waals surface area contributed by atoms with E-state index in [4.69, 9.17) is 10.00 Å². The topological polar surface area (TPSA) is 58.8 Å². The highest BCUT2D eigenvalue weighted by Gasteiger charge is 2.05. The Labute approximate surface area is 80.8 Å². The highest BCUT2D eigenvalue weighted by atomic mass is 16.5. The van der Waals surface area contributed by atoms with Crippen LogP contribution < -0.4 is 4.74 Å². The van der Waals surface area contributed by atoms with Crippen molar-refractivity contribution in [3.05, 3.63) is 30.1 Å². The Morgan fingerprint density at radius 2 is 2.36 bits per heavy atom. The van der Waals surface area contributed by atoms with Crippen LogP contribution in [0.15, 0.2) is 24.5 Å². The minimum absolute atomic E-state index is 0.353. The van der Waals surface area contributed by atoms with Crippen molar-refractivity contribution in [1.82, 2.24) is 9.97 Å². The van der Waals surface area contributed by atoms with Crippen LogP contribution in [-0.2, 0) is 0 Å². The summed E-state index contributed by atoms with van der Waals surface area (Å²) in [6.07, 6.45) is 3.32. The number of hydrogen-bond donors (Lipinski definition) is 0. The molecule has 2 aromatic heterocycles. The van der Waals surface area contributed by atoms with Gasteiger partial charge in [0.2, 0.25) is 5.88 Å². The van der Waals surface area contributed by atoms with Gasteiger partial charge < -0.3 is 4.74 Å². The average molecular weight is 185 g/mol. The van der Waals surface area contributed by atoms with E-state index in [1.807, 2.05) is 6.07 Å². The molecule has 0 aliphatic heterocycles. The van der Waals surface area contributed by atoms with E-state index in [1.165, 1.54) is 7.11 Å². The lowest BCUT2D eigenvalue weighted by molar-refractivity contribution is 0.398. The molecule has 4 nitrogen and oxygen atoms in total. The summed E-state index contributed by atoms with van der Waals surface area (Å²) < 4.78 is 4.99. The van der Waals surface area contributed by atoms with E-state index in [0.29, 0.717) is 11.4 Å². The van der Waals surface area contributed by atoms with Gasteiger partial charge in [-0.1, -0.05) is 0 Å². The minimum Gasteiger partial charge on any atom is -0.480 e. The van der Waals surface area contributed by atoms with E-state index in [-0.39, 0.29) is 0 Å². The molecule has 0 atom stereocenters. The Balaban J connectivity index is 2.77. The van der Waals surface area contributed by atoms with Gasteiger partial charge in [-0.3, -0.25) is 4.98 Å².